The average molecular weight is 472 g/mol. The smallest absolute Gasteiger partial charge is 0.242 e. The van der Waals surface area contributed by atoms with Crippen LogP contribution in [0.25, 0.3) is 0 Å². The van der Waals surface area contributed by atoms with Gasteiger partial charge in [-0.25, -0.2) is 0 Å². The Balaban J connectivity index is 2.30. The van der Waals surface area contributed by atoms with Crippen molar-refractivity contribution in [1.29, 1.82) is 0 Å². The molecule has 0 fully saturated rings. The third kappa shape index (κ3) is 5.96. The maximum Gasteiger partial charge on any atom is 0.242 e. The maximum atomic E-state index is 13.1. The largest absolute Gasteiger partial charge is 0.355 e. The Hall–Kier alpha value is -1.56. The Morgan fingerprint density at radius 3 is 2.37 bits per heavy atom. The molecule has 7 heteroatoms. The first kappa shape index (κ1) is 21.7. The molecular formula is C20H21BrCl2N2O2. The molecule has 1 atom stereocenters. The van der Waals surface area contributed by atoms with E-state index in [0.29, 0.717) is 28.7 Å². The van der Waals surface area contributed by atoms with Gasteiger partial charge in [-0.2, -0.15) is 0 Å². The van der Waals surface area contributed by atoms with Gasteiger partial charge < -0.3 is 10.2 Å². The molecule has 0 radical (unpaired) electrons. The Bertz CT molecular complexity index is 809. The van der Waals surface area contributed by atoms with E-state index in [-0.39, 0.29) is 18.2 Å². The van der Waals surface area contributed by atoms with E-state index in [9.17, 15) is 9.59 Å². The van der Waals surface area contributed by atoms with Crippen molar-refractivity contribution in [2.75, 3.05) is 6.54 Å². The van der Waals surface area contributed by atoms with Crippen LogP contribution in [-0.2, 0) is 22.6 Å². The van der Waals surface area contributed by atoms with Crippen molar-refractivity contribution in [3.05, 3.63) is 68.1 Å². The Labute approximate surface area is 178 Å². The van der Waals surface area contributed by atoms with Crippen molar-refractivity contribution < 1.29 is 9.59 Å². The summed E-state index contributed by atoms with van der Waals surface area (Å²) < 4.78 is 0.909. The lowest BCUT2D eigenvalue weighted by atomic mass is 10.1. The minimum atomic E-state index is -0.627. The summed E-state index contributed by atoms with van der Waals surface area (Å²) in [5.74, 6) is -0.421. The second-order valence-corrected chi connectivity index (χ2v) is 7.83. The van der Waals surface area contributed by atoms with Crippen molar-refractivity contribution >= 4 is 50.9 Å². The van der Waals surface area contributed by atoms with E-state index in [1.165, 1.54) is 0 Å². The number of nitrogens with one attached hydrogen (secondary N) is 1. The molecule has 0 bridgehead atoms. The van der Waals surface area contributed by atoms with E-state index in [1.807, 2.05) is 31.2 Å². The molecule has 2 aromatic carbocycles. The van der Waals surface area contributed by atoms with Crippen molar-refractivity contribution in [3.8, 4) is 0 Å². The minimum Gasteiger partial charge on any atom is -0.355 e. The summed E-state index contributed by atoms with van der Waals surface area (Å²) in [4.78, 5) is 27.0. The summed E-state index contributed by atoms with van der Waals surface area (Å²) in [6.07, 6.45) is 0.0241. The summed E-state index contributed by atoms with van der Waals surface area (Å²) in [5, 5.41) is 3.64. The van der Waals surface area contributed by atoms with Gasteiger partial charge in [0.05, 0.1) is 6.42 Å². The van der Waals surface area contributed by atoms with Crippen LogP contribution in [0.15, 0.2) is 46.9 Å². The predicted molar refractivity (Wildman–Crippen MR) is 113 cm³/mol. The number of amides is 2. The maximum absolute atomic E-state index is 13.1. The van der Waals surface area contributed by atoms with Crippen LogP contribution >= 0.6 is 39.1 Å². The SMILES string of the molecule is CCNC(=O)[C@@H](C)N(Cc1cccc(Br)c1)C(=O)Cc1c(Cl)cccc1Cl. The van der Waals surface area contributed by atoms with Gasteiger partial charge in [0, 0.05) is 27.6 Å². The first-order valence-corrected chi connectivity index (χ1v) is 10.1. The lowest BCUT2D eigenvalue weighted by Gasteiger charge is -2.29. The number of carbonyl (C=O) groups is 2. The van der Waals surface area contributed by atoms with E-state index < -0.39 is 6.04 Å². The zero-order valence-corrected chi connectivity index (χ0v) is 18.2. The highest BCUT2D eigenvalue weighted by atomic mass is 79.9. The molecule has 0 aliphatic rings. The molecule has 0 saturated heterocycles. The normalized spacial score (nSPS) is 11.7. The Morgan fingerprint density at radius 1 is 1.15 bits per heavy atom. The highest BCUT2D eigenvalue weighted by molar-refractivity contribution is 9.10. The second-order valence-electron chi connectivity index (χ2n) is 6.10. The van der Waals surface area contributed by atoms with Crippen molar-refractivity contribution in [3.63, 3.8) is 0 Å². The Morgan fingerprint density at radius 2 is 1.78 bits per heavy atom. The molecule has 0 unspecified atom stereocenters. The topological polar surface area (TPSA) is 49.4 Å². The third-order valence-corrected chi connectivity index (χ3v) is 5.35. The molecule has 4 nitrogen and oxygen atoms in total. The van der Waals surface area contributed by atoms with E-state index >= 15 is 0 Å². The van der Waals surface area contributed by atoms with Gasteiger partial charge in [-0.3, -0.25) is 9.59 Å². The van der Waals surface area contributed by atoms with Gasteiger partial charge in [0.25, 0.3) is 0 Å². The molecule has 27 heavy (non-hydrogen) atoms. The van der Waals surface area contributed by atoms with Crippen LogP contribution in [-0.4, -0.2) is 29.3 Å². The standard InChI is InChI=1S/C20H21BrCl2N2O2/c1-3-24-20(27)13(2)25(12-14-6-4-7-15(21)10-14)19(26)11-16-17(22)8-5-9-18(16)23/h4-10,13H,3,11-12H2,1-2H3,(H,24,27)/t13-/m1/s1. The number of carbonyl (C=O) groups excluding carboxylic acids is 2. The summed E-state index contributed by atoms with van der Waals surface area (Å²) in [6, 6.07) is 12.1. The first-order chi connectivity index (χ1) is 12.8. The number of nitrogens with zero attached hydrogens (tertiary/aromatic N) is 1. The van der Waals surface area contributed by atoms with Crippen LogP contribution < -0.4 is 5.32 Å². The van der Waals surface area contributed by atoms with Crippen LogP contribution in [0.2, 0.25) is 10.0 Å². The Kier molecular flexibility index (Phi) is 8.14. The summed E-state index contributed by atoms with van der Waals surface area (Å²) in [5.41, 5.74) is 1.48. The van der Waals surface area contributed by atoms with Crippen molar-refractivity contribution in [1.82, 2.24) is 10.2 Å². The van der Waals surface area contributed by atoms with E-state index in [2.05, 4.69) is 21.2 Å². The zero-order valence-electron chi connectivity index (χ0n) is 15.1. The number of rotatable bonds is 7. The molecule has 0 spiro atoms. The molecule has 2 amide bonds. The molecule has 0 saturated carbocycles. The van der Waals surface area contributed by atoms with Gasteiger partial charge in [0.2, 0.25) is 11.8 Å². The average Bonchev–Trinajstić information content (AvgIpc) is 2.62. The molecule has 0 aliphatic heterocycles. The van der Waals surface area contributed by atoms with Crippen molar-refractivity contribution in [2.45, 2.75) is 32.9 Å². The molecule has 0 aliphatic carbocycles. The van der Waals surface area contributed by atoms with Crippen LogP contribution in [0.5, 0.6) is 0 Å². The van der Waals surface area contributed by atoms with Crippen molar-refractivity contribution in [2.24, 2.45) is 0 Å². The van der Waals surface area contributed by atoms with Gasteiger partial charge in [-0.1, -0.05) is 57.3 Å². The van der Waals surface area contributed by atoms with Crippen LogP contribution in [0.3, 0.4) is 0 Å². The number of hydrogen-bond acceptors (Lipinski definition) is 2. The number of halogens is 3. The lowest BCUT2D eigenvalue weighted by Crippen LogP contribution is -2.48. The molecule has 0 heterocycles. The van der Waals surface area contributed by atoms with Gasteiger partial charge in [0.1, 0.15) is 6.04 Å². The number of likely N-dealkylation sites (N-methyl/N-ethyl adjacent to an activating group) is 1. The van der Waals surface area contributed by atoms with Crippen LogP contribution in [0, 0.1) is 0 Å². The van der Waals surface area contributed by atoms with E-state index in [0.717, 1.165) is 10.0 Å². The number of hydrogen-bond donors (Lipinski definition) is 1. The molecule has 2 rings (SSSR count). The van der Waals surface area contributed by atoms with E-state index in [4.69, 9.17) is 23.2 Å². The molecule has 2 aromatic rings. The molecule has 144 valence electrons. The highest BCUT2D eigenvalue weighted by Gasteiger charge is 2.27. The van der Waals surface area contributed by atoms with Gasteiger partial charge in [0.15, 0.2) is 0 Å². The molecule has 1 N–H and O–H groups in total. The van der Waals surface area contributed by atoms with Gasteiger partial charge in [-0.05, 0) is 49.2 Å². The summed E-state index contributed by atoms with van der Waals surface area (Å²) in [7, 11) is 0. The lowest BCUT2D eigenvalue weighted by molar-refractivity contribution is -0.140. The van der Waals surface area contributed by atoms with Crippen LogP contribution in [0.4, 0.5) is 0 Å². The fourth-order valence-electron chi connectivity index (χ4n) is 2.69. The third-order valence-electron chi connectivity index (χ3n) is 4.15. The van der Waals surface area contributed by atoms with Gasteiger partial charge in [-0.15, -0.1) is 0 Å². The minimum absolute atomic E-state index is 0.0241. The molecular weight excluding hydrogens is 451 g/mol. The molecule has 0 aromatic heterocycles. The predicted octanol–water partition coefficient (Wildman–Crippen LogP) is 4.85. The first-order valence-electron chi connectivity index (χ1n) is 8.58. The second kappa shape index (κ2) is 10.1. The summed E-state index contributed by atoms with van der Waals surface area (Å²) >= 11 is 15.9. The highest BCUT2D eigenvalue weighted by Crippen LogP contribution is 2.26. The summed E-state index contributed by atoms with van der Waals surface area (Å²) in [6.45, 7) is 4.36. The monoisotopic (exact) mass is 470 g/mol. The fraction of sp³-hybridized carbons (Fsp3) is 0.300. The zero-order chi connectivity index (χ0) is 20.0. The quantitative estimate of drug-likeness (QED) is 0.627. The van der Waals surface area contributed by atoms with Crippen LogP contribution in [0.1, 0.15) is 25.0 Å². The van der Waals surface area contributed by atoms with Gasteiger partial charge >= 0.3 is 0 Å². The number of benzene rings is 2. The fourth-order valence-corrected chi connectivity index (χ4v) is 3.67. The van der Waals surface area contributed by atoms with E-state index in [1.54, 1.807) is 30.0 Å².